The minimum absolute atomic E-state index is 0.0438. The monoisotopic (exact) mass is 397 g/mol. The van der Waals surface area contributed by atoms with Gasteiger partial charge in [0.15, 0.2) is 11.5 Å². The van der Waals surface area contributed by atoms with E-state index >= 15 is 0 Å². The molecule has 29 heavy (non-hydrogen) atoms. The number of methoxy groups -OCH3 is 1. The number of carbonyl (C=O) groups is 2. The van der Waals surface area contributed by atoms with Crippen LogP contribution >= 0.6 is 0 Å². The van der Waals surface area contributed by atoms with Crippen LogP contribution in [-0.2, 0) is 9.59 Å². The second-order valence-electron chi connectivity index (χ2n) is 6.47. The third kappa shape index (κ3) is 7.65. The molecule has 0 radical (unpaired) electrons. The first-order chi connectivity index (χ1) is 14.0. The Balaban J connectivity index is 1.78. The maximum absolute atomic E-state index is 11.9. The van der Waals surface area contributed by atoms with Crippen molar-refractivity contribution in [3.05, 3.63) is 53.6 Å². The molecule has 2 aromatic carbocycles. The number of rotatable bonds is 10. The molecule has 7 nitrogen and oxygen atoms in total. The highest BCUT2D eigenvalue weighted by Gasteiger charge is 2.07. The number of hydrogen-bond acceptors (Lipinski definition) is 5. The Labute approximate surface area is 171 Å². The number of nitrogens with zero attached hydrogens (tertiary/aromatic N) is 1. The summed E-state index contributed by atoms with van der Waals surface area (Å²) in [5.74, 6) is 0.701. The highest BCUT2D eigenvalue weighted by atomic mass is 16.5. The molecular weight excluding hydrogens is 370 g/mol. The Kier molecular flexibility index (Phi) is 8.69. The highest BCUT2D eigenvalue weighted by molar-refractivity contribution is 5.93. The highest BCUT2D eigenvalue weighted by Crippen LogP contribution is 2.27. The van der Waals surface area contributed by atoms with E-state index in [9.17, 15) is 9.59 Å². The lowest BCUT2D eigenvalue weighted by molar-refractivity contribution is -0.124. The molecule has 0 saturated carbocycles. The molecule has 2 aromatic rings. The predicted octanol–water partition coefficient (Wildman–Crippen LogP) is 3.66. The average Bonchev–Trinajstić information content (AvgIpc) is 2.72. The molecule has 0 atom stereocenters. The summed E-state index contributed by atoms with van der Waals surface area (Å²) < 4.78 is 10.9. The SMILES string of the molecule is CCCOc1ccc(C=NNC(=O)CCC(=O)Nc2ccc(C)cc2)cc1OC. The summed E-state index contributed by atoms with van der Waals surface area (Å²) in [5.41, 5.74) is 5.00. The van der Waals surface area contributed by atoms with Crippen molar-refractivity contribution in [1.29, 1.82) is 0 Å². The average molecular weight is 397 g/mol. The summed E-state index contributed by atoms with van der Waals surface area (Å²) in [6, 6.07) is 12.9. The molecule has 0 saturated heterocycles. The molecule has 0 fully saturated rings. The van der Waals surface area contributed by atoms with Crippen LogP contribution in [0.3, 0.4) is 0 Å². The van der Waals surface area contributed by atoms with E-state index < -0.39 is 0 Å². The Morgan fingerprint density at radius 2 is 1.76 bits per heavy atom. The van der Waals surface area contributed by atoms with Gasteiger partial charge in [-0.05, 0) is 49.2 Å². The van der Waals surface area contributed by atoms with Crippen LogP contribution in [0.25, 0.3) is 0 Å². The zero-order valence-corrected chi connectivity index (χ0v) is 17.0. The van der Waals surface area contributed by atoms with Crippen LogP contribution in [0.1, 0.15) is 37.3 Å². The van der Waals surface area contributed by atoms with Gasteiger partial charge in [-0.2, -0.15) is 5.10 Å². The van der Waals surface area contributed by atoms with Crippen molar-refractivity contribution in [2.45, 2.75) is 33.1 Å². The van der Waals surface area contributed by atoms with E-state index in [-0.39, 0.29) is 24.7 Å². The summed E-state index contributed by atoms with van der Waals surface area (Å²) in [6.07, 6.45) is 2.53. The third-order valence-corrected chi connectivity index (χ3v) is 3.97. The maximum Gasteiger partial charge on any atom is 0.240 e. The standard InChI is InChI=1S/C22H27N3O4/c1-4-13-29-19-10-7-17(14-20(19)28-3)15-23-25-22(27)12-11-21(26)24-18-8-5-16(2)6-9-18/h5-10,14-15H,4,11-13H2,1-3H3,(H,24,26)(H,25,27). The van der Waals surface area contributed by atoms with E-state index in [0.717, 1.165) is 17.5 Å². The van der Waals surface area contributed by atoms with E-state index in [0.29, 0.717) is 23.8 Å². The number of aryl methyl sites for hydroxylation is 1. The van der Waals surface area contributed by atoms with E-state index in [1.807, 2.05) is 44.2 Å². The van der Waals surface area contributed by atoms with E-state index in [1.165, 1.54) is 6.21 Å². The smallest absolute Gasteiger partial charge is 0.240 e. The van der Waals surface area contributed by atoms with E-state index in [1.54, 1.807) is 19.2 Å². The minimum atomic E-state index is -0.338. The van der Waals surface area contributed by atoms with Crippen LogP contribution in [0.15, 0.2) is 47.6 Å². The van der Waals surface area contributed by atoms with Gasteiger partial charge in [0.2, 0.25) is 11.8 Å². The zero-order chi connectivity index (χ0) is 21.1. The van der Waals surface area contributed by atoms with Gasteiger partial charge in [-0.3, -0.25) is 9.59 Å². The van der Waals surface area contributed by atoms with Gasteiger partial charge < -0.3 is 14.8 Å². The van der Waals surface area contributed by atoms with Gasteiger partial charge in [0, 0.05) is 18.5 Å². The molecule has 0 aliphatic rings. The normalized spacial score (nSPS) is 10.6. The first kappa shape index (κ1) is 21.9. The molecule has 0 bridgehead atoms. The van der Waals surface area contributed by atoms with Gasteiger partial charge in [-0.1, -0.05) is 24.6 Å². The van der Waals surface area contributed by atoms with Crippen LogP contribution in [0.4, 0.5) is 5.69 Å². The lowest BCUT2D eigenvalue weighted by Crippen LogP contribution is -2.20. The summed E-state index contributed by atoms with van der Waals surface area (Å²) in [7, 11) is 1.57. The fourth-order valence-corrected chi connectivity index (χ4v) is 2.42. The quantitative estimate of drug-likeness (QED) is 0.473. The van der Waals surface area contributed by atoms with Crippen molar-refractivity contribution in [2.24, 2.45) is 5.10 Å². The van der Waals surface area contributed by atoms with Crippen LogP contribution in [-0.4, -0.2) is 31.7 Å². The zero-order valence-electron chi connectivity index (χ0n) is 17.0. The van der Waals surface area contributed by atoms with E-state index in [2.05, 4.69) is 15.8 Å². The Bertz CT molecular complexity index is 848. The Hall–Kier alpha value is -3.35. The predicted molar refractivity (Wildman–Crippen MR) is 114 cm³/mol. The fraction of sp³-hybridized carbons (Fsp3) is 0.318. The van der Waals surface area contributed by atoms with Crippen molar-refractivity contribution in [1.82, 2.24) is 5.43 Å². The minimum Gasteiger partial charge on any atom is -0.493 e. The topological polar surface area (TPSA) is 89.0 Å². The van der Waals surface area contributed by atoms with Gasteiger partial charge in [0.1, 0.15) is 0 Å². The second-order valence-corrected chi connectivity index (χ2v) is 6.47. The second kappa shape index (κ2) is 11.5. The fourth-order valence-electron chi connectivity index (χ4n) is 2.42. The third-order valence-electron chi connectivity index (χ3n) is 3.97. The molecule has 0 heterocycles. The molecule has 0 aliphatic carbocycles. The van der Waals surface area contributed by atoms with Gasteiger partial charge in [-0.25, -0.2) is 5.43 Å². The summed E-state index contributed by atoms with van der Waals surface area (Å²) in [4.78, 5) is 23.8. The number of amides is 2. The number of anilines is 1. The van der Waals surface area contributed by atoms with Crippen molar-refractivity contribution >= 4 is 23.7 Å². The molecule has 0 aromatic heterocycles. The van der Waals surface area contributed by atoms with Crippen LogP contribution in [0, 0.1) is 6.92 Å². The number of ether oxygens (including phenoxy) is 2. The van der Waals surface area contributed by atoms with Crippen molar-refractivity contribution < 1.29 is 19.1 Å². The van der Waals surface area contributed by atoms with Crippen molar-refractivity contribution in [3.8, 4) is 11.5 Å². The number of hydrogen-bond donors (Lipinski definition) is 2. The van der Waals surface area contributed by atoms with Crippen LogP contribution < -0.4 is 20.2 Å². The Morgan fingerprint density at radius 3 is 2.45 bits per heavy atom. The molecule has 2 N–H and O–H groups in total. The molecule has 7 heteroatoms. The number of carbonyl (C=O) groups excluding carboxylic acids is 2. The molecule has 0 unspecified atom stereocenters. The summed E-state index contributed by atoms with van der Waals surface area (Å²) in [5, 5.41) is 6.68. The molecule has 2 amide bonds. The van der Waals surface area contributed by atoms with Gasteiger partial charge in [0.05, 0.1) is 19.9 Å². The van der Waals surface area contributed by atoms with Crippen molar-refractivity contribution in [3.63, 3.8) is 0 Å². The molecular formula is C22H27N3O4. The number of benzene rings is 2. The van der Waals surface area contributed by atoms with Gasteiger partial charge in [-0.15, -0.1) is 0 Å². The van der Waals surface area contributed by atoms with E-state index in [4.69, 9.17) is 9.47 Å². The first-order valence-electron chi connectivity index (χ1n) is 9.51. The lowest BCUT2D eigenvalue weighted by atomic mass is 10.2. The van der Waals surface area contributed by atoms with Crippen LogP contribution in [0.5, 0.6) is 11.5 Å². The van der Waals surface area contributed by atoms with Crippen molar-refractivity contribution in [2.75, 3.05) is 19.0 Å². The molecule has 154 valence electrons. The van der Waals surface area contributed by atoms with Gasteiger partial charge in [0.25, 0.3) is 0 Å². The van der Waals surface area contributed by atoms with Crippen LogP contribution in [0.2, 0.25) is 0 Å². The largest absolute Gasteiger partial charge is 0.493 e. The number of nitrogens with one attached hydrogen (secondary N) is 2. The summed E-state index contributed by atoms with van der Waals surface area (Å²) in [6.45, 7) is 4.61. The van der Waals surface area contributed by atoms with Gasteiger partial charge >= 0.3 is 0 Å². The summed E-state index contributed by atoms with van der Waals surface area (Å²) >= 11 is 0. The number of hydrazone groups is 1. The maximum atomic E-state index is 11.9. The molecule has 0 aliphatic heterocycles. The molecule has 2 rings (SSSR count). The molecule has 0 spiro atoms. The lowest BCUT2D eigenvalue weighted by Gasteiger charge is -2.10. The Morgan fingerprint density at radius 1 is 1.03 bits per heavy atom. The first-order valence-corrected chi connectivity index (χ1v) is 9.51.